The standard InChI is InChI=1S/C6H12N2.C4H11NO/c1-2-8-5-3-7(1)4-6-8;1-5(2)3-4-6/h1-6H2;6H,3-4H2,1-2H3. The Morgan fingerprint density at radius 2 is 1.29 bits per heavy atom. The van der Waals surface area contributed by atoms with E-state index in [-0.39, 0.29) is 6.61 Å². The number of fused-ring (bicyclic) bond motifs is 3. The third-order valence-electron chi connectivity index (χ3n) is 2.74. The second kappa shape index (κ2) is 6.35. The number of aliphatic hydroxyl groups excluding tert-OH is 1. The first kappa shape index (κ1) is 11.9. The Kier molecular flexibility index (Phi) is 5.40. The van der Waals surface area contributed by atoms with Crippen molar-refractivity contribution >= 4 is 0 Å². The van der Waals surface area contributed by atoms with Gasteiger partial charge < -0.3 is 10.0 Å². The Balaban J connectivity index is 0.000000149. The summed E-state index contributed by atoms with van der Waals surface area (Å²) in [7, 11) is 3.85. The summed E-state index contributed by atoms with van der Waals surface area (Å²) in [5.41, 5.74) is 0. The van der Waals surface area contributed by atoms with Gasteiger partial charge in [0, 0.05) is 45.8 Å². The molecule has 0 unspecified atom stereocenters. The van der Waals surface area contributed by atoms with Crippen LogP contribution in [0.4, 0.5) is 0 Å². The van der Waals surface area contributed by atoms with Crippen LogP contribution >= 0.6 is 0 Å². The molecule has 3 saturated heterocycles. The molecule has 84 valence electrons. The van der Waals surface area contributed by atoms with Gasteiger partial charge in [-0.3, -0.25) is 9.80 Å². The summed E-state index contributed by atoms with van der Waals surface area (Å²) in [5.74, 6) is 0. The smallest absolute Gasteiger partial charge is 0.0558 e. The van der Waals surface area contributed by atoms with Crippen LogP contribution in [0.5, 0.6) is 0 Å². The summed E-state index contributed by atoms with van der Waals surface area (Å²) in [5, 5.41) is 8.20. The topological polar surface area (TPSA) is 30.0 Å². The number of likely N-dealkylation sites (N-methyl/N-ethyl adjacent to an activating group) is 1. The molecule has 3 aliphatic rings. The second-order valence-electron chi connectivity index (χ2n) is 4.21. The summed E-state index contributed by atoms with van der Waals surface area (Å²) in [6, 6.07) is 0. The van der Waals surface area contributed by atoms with Gasteiger partial charge in [-0.15, -0.1) is 0 Å². The van der Waals surface area contributed by atoms with Crippen LogP contribution in [-0.2, 0) is 0 Å². The van der Waals surface area contributed by atoms with E-state index in [1.807, 2.05) is 19.0 Å². The highest BCUT2D eigenvalue weighted by atomic mass is 16.3. The molecule has 0 aromatic carbocycles. The molecular weight excluding hydrogens is 178 g/mol. The molecule has 0 amide bonds. The fraction of sp³-hybridized carbons (Fsp3) is 1.00. The number of piperazine rings is 3. The van der Waals surface area contributed by atoms with E-state index in [1.54, 1.807) is 0 Å². The van der Waals surface area contributed by atoms with E-state index in [2.05, 4.69) is 9.80 Å². The lowest BCUT2D eigenvalue weighted by Crippen LogP contribution is -2.55. The van der Waals surface area contributed by atoms with Gasteiger partial charge in [-0.2, -0.15) is 0 Å². The molecular formula is C10H23N3O. The number of hydrogen-bond acceptors (Lipinski definition) is 4. The van der Waals surface area contributed by atoms with Crippen LogP contribution in [0.15, 0.2) is 0 Å². The zero-order valence-electron chi connectivity index (χ0n) is 9.45. The van der Waals surface area contributed by atoms with Gasteiger partial charge in [-0.1, -0.05) is 0 Å². The molecule has 3 aliphatic heterocycles. The molecule has 3 rings (SSSR count). The van der Waals surface area contributed by atoms with E-state index in [0.29, 0.717) is 0 Å². The molecule has 0 saturated carbocycles. The van der Waals surface area contributed by atoms with Crippen LogP contribution in [0.1, 0.15) is 0 Å². The van der Waals surface area contributed by atoms with Gasteiger partial charge >= 0.3 is 0 Å². The van der Waals surface area contributed by atoms with Crippen LogP contribution in [-0.4, -0.2) is 86.3 Å². The first-order chi connectivity index (χ1) is 6.72. The minimum absolute atomic E-state index is 0.257. The molecule has 0 atom stereocenters. The highest BCUT2D eigenvalue weighted by molar-refractivity contribution is 4.78. The van der Waals surface area contributed by atoms with Crippen molar-refractivity contribution < 1.29 is 5.11 Å². The summed E-state index contributed by atoms with van der Waals surface area (Å²) in [6.45, 7) is 8.94. The maximum Gasteiger partial charge on any atom is 0.0558 e. The van der Waals surface area contributed by atoms with E-state index in [4.69, 9.17) is 5.11 Å². The van der Waals surface area contributed by atoms with Crippen molar-refractivity contribution in [3.05, 3.63) is 0 Å². The summed E-state index contributed by atoms with van der Waals surface area (Å²) < 4.78 is 0. The molecule has 4 nitrogen and oxygen atoms in total. The number of aliphatic hydroxyl groups is 1. The van der Waals surface area contributed by atoms with Gasteiger partial charge in [0.15, 0.2) is 0 Å². The molecule has 1 N–H and O–H groups in total. The second-order valence-corrected chi connectivity index (χ2v) is 4.21. The van der Waals surface area contributed by atoms with Crippen LogP contribution in [0.2, 0.25) is 0 Å². The fourth-order valence-electron chi connectivity index (χ4n) is 1.72. The van der Waals surface area contributed by atoms with Crippen molar-refractivity contribution in [3.63, 3.8) is 0 Å². The summed E-state index contributed by atoms with van der Waals surface area (Å²) >= 11 is 0. The molecule has 0 aliphatic carbocycles. The SMILES string of the molecule is C1CN2CCN1CC2.CN(C)CCO. The molecule has 14 heavy (non-hydrogen) atoms. The monoisotopic (exact) mass is 201 g/mol. The largest absolute Gasteiger partial charge is 0.395 e. The Bertz CT molecular complexity index is 121. The number of nitrogens with zero attached hydrogens (tertiary/aromatic N) is 3. The van der Waals surface area contributed by atoms with Gasteiger partial charge in [-0.25, -0.2) is 0 Å². The van der Waals surface area contributed by atoms with Crippen molar-refractivity contribution in [1.29, 1.82) is 0 Å². The Morgan fingerprint density at radius 3 is 1.36 bits per heavy atom. The molecule has 3 fully saturated rings. The van der Waals surface area contributed by atoms with Crippen molar-refractivity contribution in [1.82, 2.24) is 14.7 Å². The third-order valence-corrected chi connectivity index (χ3v) is 2.74. The van der Waals surface area contributed by atoms with E-state index >= 15 is 0 Å². The Hall–Kier alpha value is -0.160. The predicted octanol–water partition coefficient (Wildman–Crippen LogP) is -0.842. The van der Waals surface area contributed by atoms with Crippen LogP contribution in [0.25, 0.3) is 0 Å². The maximum atomic E-state index is 8.20. The maximum absolute atomic E-state index is 8.20. The zero-order chi connectivity index (χ0) is 10.4. The van der Waals surface area contributed by atoms with Crippen molar-refractivity contribution in [2.45, 2.75) is 0 Å². The van der Waals surface area contributed by atoms with Crippen molar-refractivity contribution in [2.24, 2.45) is 0 Å². The van der Waals surface area contributed by atoms with Crippen molar-refractivity contribution in [2.75, 3.05) is 66.5 Å². The van der Waals surface area contributed by atoms with Crippen molar-refractivity contribution in [3.8, 4) is 0 Å². The average Bonchev–Trinajstić information content (AvgIpc) is 2.21. The first-order valence-corrected chi connectivity index (χ1v) is 5.42. The lowest BCUT2D eigenvalue weighted by atomic mass is 10.2. The fourth-order valence-corrected chi connectivity index (χ4v) is 1.72. The third kappa shape index (κ3) is 4.37. The van der Waals surface area contributed by atoms with Gasteiger partial charge in [0.25, 0.3) is 0 Å². The normalized spacial score (nSPS) is 30.0. The predicted molar refractivity (Wildman–Crippen MR) is 58.5 cm³/mol. The number of hydrogen-bond donors (Lipinski definition) is 1. The first-order valence-electron chi connectivity index (χ1n) is 5.42. The van der Waals surface area contributed by atoms with E-state index in [1.165, 1.54) is 39.3 Å². The quantitative estimate of drug-likeness (QED) is 0.631. The lowest BCUT2D eigenvalue weighted by molar-refractivity contribution is 0.0647. The van der Waals surface area contributed by atoms with Gasteiger partial charge in [0.05, 0.1) is 6.61 Å². The summed E-state index contributed by atoms with van der Waals surface area (Å²) in [4.78, 5) is 7.01. The molecule has 0 spiro atoms. The Morgan fingerprint density at radius 1 is 0.929 bits per heavy atom. The van der Waals surface area contributed by atoms with Gasteiger partial charge in [-0.05, 0) is 14.1 Å². The molecule has 0 aromatic rings. The van der Waals surface area contributed by atoms with Crippen LogP contribution < -0.4 is 0 Å². The van der Waals surface area contributed by atoms with Crippen LogP contribution in [0.3, 0.4) is 0 Å². The molecule has 0 radical (unpaired) electrons. The molecule has 0 aromatic heterocycles. The zero-order valence-corrected chi connectivity index (χ0v) is 9.45. The minimum atomic E-state index is 0.257. The van der Waals surface area contributed by atoms with Gasteiger partial charge in [0.1, 0.15) is 0 Å². The van der Waals surface area contributed by atoms with E-state index in [9.17, 15) is 0 Å². The summed E-state index contributed by atoms with van der Waals surface area (Å²) in [6.07, 6.45) is 0. The van der Waals surface area contributed by atoms with Crippen LogP contribution in [0, 0.1) is 0 Å². The van der Waals surface area contributed by atoms with E-state index < -0.39 is 0 Å². The molecule has 2 bridgehead atoms. The average molecular weight is 201 g/mol. The highest BCUT2D eigenvalue weighted by Gasteiger charge is 2.21. The highest BCUT2D eigenvalue weighted by Crippen LogP contribution is 2.06. The lowest BCUT2D eigenvalue weighted by Gasteiger charge is -2.41. The minimum Gasteiger partial charge on any atom is -0.395 e. The Labute approximate surface area is 87.1 Å². The molecule has 4 heteroatoms. The van der Waals surface area contributed by atoms with E-state index in [0.717, 1.165) is 6.54 Å². The number of rotatable bonds is 2. The molecule has 3 heterocycles. The van der Waals surface area contributed by atoms with Gasteiger partial charge in [0.2, 0.25) is 0 Å².